The van der Waals surface area contributed by atoms with Gasteiger partial charge in [-0.3, -0.25) is 0 Å². The van der Waals surface area contributed by atoms with E-state index in [1.54, 1.807) is 11.3 Å². The van der Waals surface area contributed by atoms with Crippen molar-refractivity contribution < 1.29 is 13.2 Å². The van der Waals surface area contributed by atoms with Crippen molar-refractivity contribution >= 4 is 33.0 Å². The molecule has 1 atom stereocenters. The van der Waals surface area contributed by atoms with Gasteiger partial charge in [0.05, 0.1) is 22.3 Å². The van der Waals surface area contributed by atoms with Gasteiger partial charge in [0.1, 0.15) is 0 Å². The minimum absolute atomic E-state index is 0.172. The monoisotopic (exact) mass is 378 g/mol. The maximum absolute atomic E-state index is 12.8. The van der Waals surface area contributed by atoms with E-state index in [2.05, 4.69) is 26.2 Å². The predicted molar refractivity (Wildman–Crippen MR) is 82.8 cm³/mol. The summed E-state index contributed by atoms with van der Waals surface area (Å²) in [7, 11) is 0. The second-order valence-corrected chi connectivity index (χ2v) is 6.99. The Labute approximate surface area is 133 Å². The van der Waals surface area contributed by atoms with Gasteiger partial charge in [0.2, 0.25) is 0 Å². The van der Waals surface area contributed by atoms with E-state index < -0.39 is 11.7 Å². The van der Waals surface area contributed by atoms with Crippen molar-refractivity contribution in [3.63, 3.8) is 0 Å². The lowest BCUT2D eigenvalue weighted by molar-refractivity contribution is -0.137. The Kier molecular flexibility index (Phi) is 4.63. The summed E-state index contributed by atoms with van der Waals surface area (Å²) in [5.74, 6) is 0. The number of aromatic nitrogens is 1. The third-order valence-corrected chi connectivity index (χ3v) is 4.61. The summed E-state index contributed by atoms with van der Waals surface area (Å²) < 4.78 is 38.9. The fraction of sp³-hybridized carbons (Fsp3) is 0.357. The number of anilines is 1. The second-order valence-electron chi connectivity index (χ2n) is 4.73. The smallest absolute Gasteiger partial charge is 0.376 e. The number of benzene rings is 1. The SMILES string of the molecule is Cc1nc(C(C)Nc2cc(C(F)(F)F)ccc2Br)c(C)s1. The van der Waals surface area contributed by atoms with E-state index in [9.17, 15) is 13.2 Å². The Hall–Kier alpha value is -1.08. The van der Waals surface area contributed by atoms with Crippen LogP contribution in [0.25, 0.3) is 0 Å². The fourth-order valence-corrected chi connectivity index (χ4v) is 3.34. The van der Waals surface area contributed by atoms with Crippen molar-refractivity contribution in [2.75, 3.05) is 5.32 Å². The zero-order chi connectivity index (χ0) is 15.8. The molecule has 0 aliphatic rings. The van der Waals surface area contributed by atoms with Crippen LogP contribution in [0.2, 0.25) is 0 Å². The zero-order valence-electron chi connectivity index (χ0n) is 11.7. The minimum atomic E-state index is -4.35. The third-order valence-electron chi connectivity index (χ3n) is 3.02. The van der Waals surface area contributed by atoms with Crippen molar-refractivity contribution in [2.24, 2.45) is 0 Å². The van der Waals surface area contributed by atoms with Gasteiger partial charge in [-0.15, -0.1) is 11.3 Å². The van der Waals surface area contributed by atoms with Gasteiger partial charge < -0.3 is 5.32 Å². The highest BCUT2D eigenvalue weighted by Crippen LogP contribution is 2.35. The van der Waals surface area contributed by atoms with Crippen molar-refractivity contribution in [3.8, 4) is 0 Å². The van der Waals surface area contributed by atoms with E-state index in [0.717, 1.165) is 27.7 Å². The Morgan fingerprint density at radius 2 is 1.95 bits per heavy atom. The highest BCUT2D eigenvalue weighted by atomic mass is 79.9. The van der Waals surface area contributed by atoms with Gasteiger partial charge >= 0.3 is 6.18 Å². The summed E-state index contributed by atoms with van der Waals surface area (Å²) in [6.45, 7) is 5.75. The van der Waals surface area contributed by atoms with Gasteiger partial charge in [0.25, 0.3) is 0 Å². The number of nitrogens with zero attached hydrogens (tertiary/aromatic N) is 1. The van der Waals surface area contributed by atoms with E-state index in [1.165, 1.54) is 6.07 Å². The summed E-state index contributed by atoms with van der Waals surface area (Å²) in [6.07, 6.45) is -4.35. The molecular formula is C14H14BrF3N2S. The molecule has 0 radical (unpaired) electrons. The lowest BCUT2D eigenvalue weighted by Gasteiger charge is -2.17. The molecule has 0 aliphatic heterocycles. The van der Waals surface area contributed by atoms with Crippen molar-refractivity contribution in [3.05, 3.63) is 43.8 Å². The molecular weight excluding hydrogens is 365 g/mol. The molecule has 0 saturated heterocycles. The first-order valence-electron chi connectivity index (χ1n) is 6.25. The number of hydrogen-bond acceptors (Lipinski definition) is 3. The van der Waals surface area contributed by atoms with Crippen LogP contribution < -0.4 is 5.32 Å². The molecule has 0 amide bonds. The Morgan fingerprint density at radius 3 is 2.48 bits per heavy atom. The molecule has 2 nitrogen and oxygen atoms in total. The molecule has 2 aromatic rings. The van der Waals surface area contributed by atoms with Crippen LogP contribution in [0.1, 0.15) is 34.1 Å². The molecule has 1 aromatic heterocycles. The first-order chi connectivity index (χ1) is 9.68. The van der Waals surface area contributed by atoms with Gasteiger partial charge in [0.15, 0.2) is 0 Å². The molecule has 2 rings (SSSR count). The van der Waals surface area contributed by atoms with Gasteiger partial charge in [0, 0.05) is 15.0 Å². The van der Waals surface area contributed by atoms with Gasteiger partial charge in [-0.25, -0.2) is 4.98 Å². The third kappa shape index (κ3) is 3.77. The maximum atomic E-state index is 12.8. The Bertz CT molecular complexity index is 652. The average Bonchev–Trinajstić information content (AvgIpc) is 2.70. The molecule has 0 saturated carbocycles. The van der Waals surface area contributed by atoms with E-state index in [-0.39, 0.29) is 6.04 Å². The fourth-order valence-electron chi connectivity index (χ4n) is 2.06. The van der Waals surface area contributed by atoms with Crippen molar-refractivity contribution in [2.45, 2.75) is 33.0 Å². The molecule has 114 valence electrons. The summed E-state index contributed by atoms with van der Waals surface area (Å²) in [5, 5.41) is 4.03. The normalized spacial score (nSPS) is 13.3. The molecule has 0 fully saturated rings. The van der Waals surface area contributed by atoms with Crippen LogP contribution in [0.3, 0.4) is 0 Å². The van der Waals surface area contributed by atoms with Gasteiger partial charge in [-0.2, -0.15) is 13.2 Å². The number of aryl methyl sites for hydroxylation is 2. The highest BCUT2D eigenvalue weighted by Gasteiger charge is 2.31. The lowest BCUT2D eigenvalue weighted by atomic mass is 10.1. The maximum Gasteiger partial charge on any atom is 0.416 e. The first kappa shape index (κ1) is 16.3. The van der Waals surface area contributed by atoms with E-state index in [0.29, 0.717) is 10.2 Å². The average molecular weight is 379 g/mol. The first-order valence-corrected chi connectivity index (χ1v) is 7.86. The van der Waals surface area contributed by atoms with Crippen LogP contribution in [-0.2, 0) is 6.18 Å². The predicted octanol–water partition coefficient (Wildman–Crippen LogP) is 5.71. The van der Waals surface area contributed by atoms with E-state index in [1.807, 2.05) is 20.8 Å². The largest absolute Gasteiger partial charge is 0.416 e. The molecule has 1 aromatic carbocycles. The zero-order valence-corrected chi connectivity index (χ0v) is 14.1. The summed E-state index contributed by atoms with van der Waals surface area (Å²) in [5.41, 5.74) is 0.593. The number of halogens is 4. The van der Waals surface area contributed by atoms with Crippen LogP contribution >= 0.6 is 27.3 Å². The quantitative estimate of drug-likeness (QED) is 0.739. The number of hydrogen-bond donors (Lipinski definition) is 1. The molecule has 0 bridgehead atoms. The molecule has 0 aliphatic carbocycles. The van der Waals surface area contributed by atoms with E-state index >= 15 is 0 Å². The van der Waals surface area contributed by atoms with Crippen molar-refractivity contribution in [1.82, 2.24) is 4.98 Å². The van der Waals surface area contributed by atoms with Crippen LogP contribution in [0.5, 0.6) is 0 Å². The molecule has 0 spiro atoms. The topological polar surface area (TPSA) is 24.9 Å². The van der Waals surface area contributed by atoms with Crippen LogP contribution in [0.15, 0.2) is 22.7 Å². The molecule has 21 heavy (non-hydrogen) atoms. The highest BCUT2D eigenvalue weighted by molar-refractivity contribution is 9.10. The van der Waals surface area contributed by atoms with Gasteiger partial charge in [-0.1, -0.05) is 0 Å². The number of thiazole rings is 1. The standard InChI is InChI=1S/C14H14BrF3N2S/c1-7(13-8(2)21-9(3)20-13)19-12-6-10(14(16,17)18)4-5-11(12)15/h4-7,19H,1-3H3. The molecule has 1 N–H and O–H groups in total. The van der Waals surface area contributed by atoms with Crippen molar-refractivity contribution in [1.29, 1.82) is 0 Å². The summed E-state index contributed by atoms with van der Waals surface area (Å²) >= 11 is 4.85. The summed E-state index contributed by atoms with van der Waals surface area (Å²) in [4.78, 5) is 5.49. The Balaban J connectivity index is 2.28. The number of nitrogens with one attached hydrogen (secondary N) is 1. The molecule has 1 heterocycles. The Morgan fingerprint density at radius 1 is 1.29 bits per heavy atom. The second kappa shape index (κ2) is 5.96. The van der Waals surface area contributed by atoms with Crippen LogP contribution in [-0.4, -0.2) is 4.98 Å². The molecule has 7 heteroatoms. The van der Waals surface area contributed by atoms with E-state index in [4.69, 9.17) is 0 Å². The van der Waals surface area contributed by atoms with Gasteiger partial charge in [-0.05, 0) is 54.9 Å². The minimum Gasteiger partial charge on any atom is -0.376 e. The molecule has 1 unspecified atom stereocenters. The lowest BCUT2D eigenvalue weighted by Crippen LogP contribution is -2.11. The van der Waals surface area contributed by atoms with Crippen LogP contribution in [0.4, 0.5) is 18.9 Å². The number of rotatable bonds is 3. The van der Waals surface area contributed by atoms with Crippen LogP contribution in [0, 0.1) is 13.8 Å². The summed E-state index contributed by atoms with van der Waals surface area (Å²) in [6, 6.07) is 3.39. The number of alkyl halides is 3.